The van der Waals surface area contributed by atoms with E-state index in [1.54, 1.807) is 0 Å². The maximum atomic E-state index is 3.39. The molecule has 1 N–H and O–H groups in total. The number of rotatable bonds is 0. The number of nitrogens with one attached hydrogen (secondary N) is 1. The van der Waals surface area contributed by atoms with Crippen LogP contribution in [-0.4, -0.2) is 23.6 Å². The lowest BCUT2D eigenvalue weighted by molar-refractivity contribution is 0.388. The van der Waals surface area contributed by atoms with Gasteiger partial charge in [0.25, 0.3) is 0 Å². The first-order valence-electron chi connectivity index (χ1n) is 3.76. The van der Waals surface area contributed by atoms with E-state index in [2.05, 4.69) is 17.1 Å². The lowest BCUT2D eigenvalue weighted by atomic mass is 9.93. The van der Waals surface area contributed by atoms with Crippen LogP contribution in [0.5, 0.6) is 0 Å². The molecule has 0 radical (unpaired) electrons. The first-order valence-corrected chi connectivity index (χ1v) is 4.75. The molecule has 2 saturated heterocycles. The summed E-state index contributed by atoms with van der Waals surface area (Å²) >= 11 is 2.19. The summed E-state index contributed by atoms with van der Waals surface area (Å²) in [7, 11) is 0. The molecule has 0 amide bonds. The van der Waals surface area contributed by atoms with Crippen LogP contribution in [0.3, 0.4) is 0 Å². The summed E-state index contributed by atoms with van der Waals surface area (Å²) in [5.41, 5.74) is 0. The molecule has 1 nitrogen and oxygen atoms in total. The fourth-order valence-corrected chi connectivity index (χ4v) is 2.94. The lowest BCUT2D eigenvalue weighted by Crippen LogP contribution is -2.44. The maximum absolute atomic E-state index is 3.39. The topological polar surface area (TPSA) is 12.0 Å². The highest BCUT2D eigenvalue weighted by Crippen LogP contribution is 2.46. The molecule has 1 spiro atoms. The molecule has 10 heavy (non-hydrogen) atoms. The molecule has 0 bridgehead atoms. The van der Waals surface area contributed by atoms with Crippen molar-refractivity contribution in [3.63, 3.8) is 0 Å². The van der Waals surface area contributed by atoms with Gasteiger partial charge in [0, 0.05) is 4.75 Å². The maximum Gasteiger partial charge on any atom is 0.0192 e. The van der Waals surface area contributed by atoms with Crippen LogP contribution in [0.2, 0.25) is 0 Å². The summed E-state index contributed by atoms with van der Waals surface area (Å²) in [6, 6.07) is 0. The highest BCUT2D eigenvalue weighted by molar-refractivity contribution is 8.02. The second kappa shape index (κ2) is 3.33. The third-order valence-electron chi connectivity index (χ3n) is 2.48. The molecule has 0 unspecified atom stereocenters. The molecule has 0 saturated carbocycles. The van der Waals surface area contributed by atoms with Crippen LogP contribution >= 0.6 is 24.2 Å². The van der Waals surface area contributed by atoms with Gasteiger partial charge >= 0.3 is 0 Å². The van der Waals surface area contributed by atoms with E-state index in [1.165, 1.54) is 38.1 Å². The molecule has 2 heterocycles. The summed E-state index contributed by atoms with van der Waals surface area (Å²) < 4.78 is 0.755. The van der Waals surface area contributed by atoms with Crippen LogP contribution in [0.4, 0.5) is 0 Å². The fourth-order valence-electron chi connectivity index (χ4n) is 1.67. The van der Waals surface area contributed by atoms with Crippen molar-refractivity contribution >= 4 is 24.2 Å². The molecule has 2 rings (SSSR count). The van der Waals surface area contributed by atoms with Crippen molar-refractivity contribution in [2.24, 2.45) is 0 Å². The van der Waals surface area contributed by atoms with Crippen molar-refractivity contribution in [3.05, 3.63) is 0 Å². The van der Waals surface area contributed by atoms with E-state index in [4.69, 9.17) is 0 Å². The van der Waals surface area contributed by atoms with Crippen molar-refractivity contribution in [1.82, 2.24) is 5.32 Å². The minimum Gasteiger partial charge on any atom is -0.317 e. The first kappa shape index (κ1) is 8.69. The van der Waals surface area contributed by atoms with Gasteiger partial charge in [-0.2, -0.15) is 11.8 Å². The smallest absolute Gasteiger partial charge is 0.0192 e. The summed E-state index contributed by atoms with van der Waals surface area (Å²) in [5, 5.41) is 3.39. The molecule has 0 aromatic rings. The second-order valence-corrected chi connectivity index (χ2v) is 4.59. The van der Waals surface area contributed by atoms with Crippen LogP contribution in [0.25, 0.3) is 0 Å². The predicted molar refractivity (Wildman–Crippen MR) is 49.2 cm³/mol. The Bertz CT molecular complexity index is 106. The van der Waals surface area contributed by atoms with Gasteiger partial charge < -0.3 is 5.32 Å². The summed E-state index contributed by atoms with van der Waals surface area (Å²) in [6.45, 7) is 2.51. The minimum absolute atomic E-state index is 0. The fraction of sp³-hybridized carbons (Fsp3) is 1.00. The Balaban J connectivity index is 0.000000500. The van der Waals surface area contributed by atoms with Gasteiger partial charge in [-0.25, -0.2) is 0 Å². The van der Waals surface area contributed by atoms with E-state index in [-0.39, 0.29) is 12.4 Å². The number of hydrogen-bond donors (Lipinski definition) is 1. The zero-order chi connectivity index (χ0) is 6.16. The van der Waals surface area contributed by atoms with Crippen LogP contribution < -0.4 is 5.32 Å². The largest absolute Gasteiger partial charge is 0.317 e. The van der Waals surface area contributed by atoms with Gasteiger partial charge in [-0.1, -0.05) is 0 Å². The minimum atomic E-state index is 0. The van der Waals surface area contributed by atoms with E-state index in [0.717, 1.165) is 4.75 Å². The third kappa shape index (κ3) is 1.44. The van der Waals surface area contributed by atoms with Crippen LogP contribution in [-0.2, 0) is 0 Å². The SMILES string of the molecule is C1CC2(CCN1)CCS2.Cl. The van der Waals surface area contributed by atoms with E-state index < -0.39 is 0 Å². The Morgan fingerprint density at radius 3 is 2.00 bits per heavy atom. The lowest BCUT2D eigenvalue weighted by Gasteiger charge is -2.44. The average molecular weight is 180 g/mol. The molecule has 3 heteroatoms. The van der Waals surface area contributed by atoms with Crippen molar-refractivity contribution < 1.29 is 0 Å². The number of piperidine rings is 1. The normalized spacial score (nSPS) is 28.8. The zero-order valence-electron chi connectivity index (χ0n) is 6.06. The van der Waals surface area contributed by atoms with Gasteiger partial charge in [0.1, 0.15) is 0 Å². The van der Waals surface area contributed by atoms with Crippen molar-refractivity contribution in [2.45, 2.75) is 24.0 Å². The Kier molecular flexibility index (Phi) is 2.90. The summed E-state index contributed by atoms with van der Waals surface area (Å²) in [6.07, 6.45) is 4.31. The molecule has 0 aliphatic carbocycles. The van der Waals surface area contributed by atoms with Gasteiger partial charge in [0.15, 0.2) is 0 Å². The molecule has 2 aliphatic heterocycles. The summed E-state index contributed by atoms with van der Waals surface area (Å²) in [5.74, 6) is 1.42. The molecule has 2 fully saturated rings. The third-order valence-corrected chi connectivity index (χ3v) is 4.11. The Labute approximate surface area is 72.7 Å². The highest BCUT2D eigenvalue weighted by Gasteiger charge is 2.38. The van der Waals surface area contributed by atoms with Gasteiger partial charge in [-0.15, -0.1) is 12.4 Å². The predicted octanol–water partition coefficient (Wildman–Crippen LogP) is 1.67. The zero-order valence-corrected chi connectivity index (χ0v) is 7.69. The Morgan fingerprint density at radius 2 is 1.70 bits per heavy atom. The number of halogens is 1. The van der Waals surface area contributed by atoms with E-state index in [1.807, 2.05) is 0 Å². The van der Waals surface area contributed by atoms with Crippen molar-refractivity contribution in [2.75, 3.05) is 18.8 Å². The second-order valence-electron chi connectivity index (χ2n) is 3.03. The van der Waals surface area contributed by atoms with Crippen LogP contribution in [0, 0.1) is 0 Å². The molecule has 0 aromatic heterocycles. The quantitative estimate of drug-likeness (QED) is 0.607. The van der Waals surface area contributed by atoms with Crippen LogP contribution in [0.1, 0.15) is 19.3 Å². The molecule has 60 valence electrons. The average Bonchev–Trinajstić information content (AvgIpc) is 1.87. The first-order chi connectivity index (χ1) is 4.41. The number of hydrogen-bond acceptors (Lipinski definition) is 2. The standard InChI is InChI=1S/C7H13NS.ClH/c1-4-8-5-2-7(1)3-6-9-7;/h8H,1-6H2;1H. The van der Waals surface area contributed by atoms with Crippen molar-refractivity contribution in [1.29, 1.82) is 0 Å². The Morgan fingerprint density at radius 1 is 1.10 bits per heavy atom. The van der Waals surface area contributed by atoms with Gasteiger partial charge in [-0.05, 0) is 38.1 Å². The molecular formula is C7H14ClNS. The molecule has 0 atom stereocenters. The monoisotopic (exact) mass is 179 g/mol. The molecule has 0 aromatic carbocycles. The van der Waals surface area contributed by atoms with Gasteiger partial charge in [-0.3, -0.25) is 0 Å². The van der Waals surface area contributed by atoms with E-state index >= 15 is 0 Å². The van der Waals surface area contributed by atoms with Gasteiger partial charge in [0.2, 0.25) is 0 Å². The highest BCUT2D eigenvalue weighted by atomic mass is 35.5. The summed E-state index contributed by atoms with van der Waals surface area (Å²) in [4.78, 5) is 0. The Hall–Kier alpha value is 0.600. The van der Waals surface area contributed by atoms with Gasteiger partial charge in [0.05, 0.1) is 0 Å². The van der Waals surface area contributed by atoms with E-state index in [9.17, 15) is 0 Å². The molecule has 2 aliphatic rings. The number of thioether (sulfide) groups is 1. The van der Waals surface area contributed by atoms with Crippen molar-refractivity contribution in [3.8, 4) is 0 Å². The molecular weight excluding hydrogens is 166 g/mol. The van der Waals surface area contributed by atoms with E-state index in [0.29, 0.717) is 0 Å². The van der Waals surface area contributed by atoms with Crippen LogP contribution in [0.15, 0.2) is 0 Å².